The maximum absolute atomic E-state index is 12.3. The Hall–Kier alpha value is -2.18. The Balaban J connectivity index is 1.66. The Morgan fingerprint density at radius 1 is 1.00 bits per heavy atom. The number of rotatable bonds is 5. The summed E-state index contributed by atoms with van der Waals surface area (Å²) in [4.78, 5) is 12.3. The van der Waals surface area contributed by atoms with Gasteiger partial charge in [0.1, 0.15) is 18.3 Å². The Morgan fingerprint density at radius 2 is 1.62 bits per heavy atom. The fraction of sp³-hybridized carbons (Fsp3) is 0.278. The first-order valence-electron chi connectivity index (χ1n) is 7.97. The van der Waals surface area contributed by atoms with Crippen molar-refractivity contribution in [2.75, 3.05) is 11.5 Å². The lowest BCUT2D eigenvalue weighted by atomic mass is 10.1. The highest BCUT2D eigenvalue weighted by molar-refractivity contribution is 7.91. The first-order chi connectivity index (χ1) is 11.5. The molecule has 0 bridgehead atoms. The molecule has 2 atom stereocenters. The summed E-state index contributed by atoms with van der Waals surface area (Å²) in [5.41, 5.74) is 1.68. The second kappa shape index (κ2) is 7.15. The number of quaternary nitrogens is 1. The predicted molar refractivity (Wildman–Crippen MR) is 92.2 cm³/mol. The number of nitrogens with two attached hydrogens (primary N) is 1. The molecule has 1 saturated heterocycles. The van der Waals surface area contributed by atoms with Gasteiger partial charge in [-0.3, -0.25) is 4.79 Å². The molecule has 6 heteroatoms. The standard InChI is InChI=1S/C18H20N2O3S/c21-18(15-9-5-2-6-10-15)20-17-13-24(22,23)12-16(17)19-11-14-7-3-1-4-8-14/h1-10,16-17,19H,11-13H2,(H,20,21)/p+1/t16-,17+/m1/s1. The van der Waals surface area contributed by atoms with Gasteiger partial charge in [-0.2, -0.15) is 0 Å². The van der Waals surface area contributed by atoms with E-state index >= 15 is 0 Å². The van der Waals surface area contributed by atoms with Crippen molar-refractivity contribution in [3.8, 4) is 0 Å². The molecule has 0 saturated carbocycles. The Morgan fingerprint density at radius 3 is 2.29 bits per heavy atom. The van der Waals surface area contributed by atoms with Crippen LogP contribution in [-0.4, -0.2) is 37.9 Å². The van der Waals surface area contributed by atoms with E-state index in [-0.39, 0.29) is 29.5 Å². The molecule has 1 fully saturated rings. The second-order valence-electron chi connectivity index (χ2n) is 6.11. The highest BCUT2D eigenvalue weighted by atomic mass is 32.2. The number of carbonyl (C=O) groups is 1. The molecule has 126 valence electrons. The van der Waals surface area contributed by atoms with E-state index in [4.69, 9.17) is 0 Å². The number of sulfone groups is 1. The number of hydrogen-bond acceptors (Lipinski definition) is 3. The van der Waals surface area contributed by atoms with Gasteiger partial charge in [0.2, 0.25) is 0 Å². The molecule has 3 N–H and O–H groups in total. The third kappa shape index (κ3) is 4.21. The Bertz CT molecular complexity index is 792. The van der Waals surface area contributed by atoms with Crippen molar-refractivity contribution >= 4 is 15.7 Å². The molecule has 2 aromatic rings. The van der Waals surface area contributed by atoms with E-state index in [1.807, 2.05) is 41.7 Å². The molecule has 0 radical (unpaired) electrons. The van der Waals surface area contributed by atoms with Crippen molar-refractivity contribution in [3.05, 3.63) is 71.8 Å². The zero-order valence-electron chi connectivity index (χ0n) is 13.3. The van der Waals surface area contributed by atoms with Crippen LogP contribution >= 0.6 is 0 Å². The van der Waals surface area contributed by atoms with E-state index in [2.05, 4.69) is 5.32 Å². The largest absolute Gasteiger partial charge is 0.342 e. The van der Waals surface area contributed by atoms with Gasteiger partial charge in [-0.1, -0.05) is 48.5 Å². The smallest absolute Gasteiger partial charge is 0.251 e. The van der Waals surface area contributed by atoms with Gasteiger partial charge in [0.25, 0.3) is 5.91 Å². The van der Waals surface area contributed by atoms with Crippen LogP contribution in [0.5, 0.6) is 0 Å². The van der Waals surface area contributed by atoms with E-state index in [0.29, 0.717) is 12.1 Å². The highest BCUT2D eigenvalue weighted by Gasteiger charge is 2.41. The van der Waals surface area contributed by atoms with Crippen LogP contribution < -0.4 is 10.6 Å². The van der Waals surface area contributed by atoms with Gasteiger partial charge in [-0.05, 0) is 12.1 Å². The molecule has 0 unspecified atom stereocenters. The van der Waals surface area contributed by atoms with Crippen LogP contribution in [0.25, 0.3) is 0 Å². The van der Waals surface area contributed by atoms with E-state index in [1.54, 1.807) is 24.3 Å². The quantitative estimate of drug-likeness (QED) is 0.820. The van der Waals surface area contributed by atoms with Crippen molar-refractivity contribution < 1.29 is 18.5 Å². The van der Waals surface area contributed by atoms with Gasteiger partial charge in [-0.25, -0.2) is 8.42 Å². The van der Waals surface area contributed by atoms with Gasteiger partial charge >= 0.3 is 0 Å². The molecule has 0 aromatic heterocycles. The number of nitrogens with one attached hydrogen (secondary N) is 1. The lowest BCUT2D eigenvalue weighted by Gasteiger charge is -2.18. The number of carbonyl (C=O) groups excluding carboxylic acids is 1. The van der Waals surface area contributed by atoms with Crippen molar-refractivity contribution in [2.45, 2.75) is 18.6 Å². The first kappa shape index (κ1) is 16.7. The number of hydrogen-bond donors (Lipinski definition) is 2. The fourth-order valence-corrected chi connectivity index (χ4v) is 4.97. The van der Waals surface area contributed by atoms with E-state index in [9.17, 15) is 13.2 Å². The second-order valence-corrected chi connectivity index (χ2v) is 8.27. The number of amides is 1. The number of benzene rings is 2. The summed E-state index contributed by atoms with van der Waals surface area (Å²) < 4.78 is 24.0. The minimum Gasteiger partial charge on any atom is -0.342 e. The molecule has 1 aliphatic heterocycles. The maximum atomic E-state index is 12.3. The molecule has 0 aliphatic carbocycles. The van der Waals surface area contributed by atoms with Gasteiger partial charge < -0.3 is 10.6 Å². The Labute approximate surface area is 142 Å². The van der Waals surface area contributed by atoms with Gasteiger partial charge in [0, 0.05) is 11.1 Å². The maximum Gasteiger partial charge on any atom is 0.251 e. The molecule has 2 aromatic carbocycles. The fourth-order valence-electron chi connectivity index (χ4n) is 3.00. The average molecular weight is 345 g/mol. The van der Waals surface area contributed by atoms with Crippen LogP contribution in [0.4, 0.5) is 0 Å². The van der Waals surface area contributed by atoms with E-state index in [0.717, 1.165) is 5.56 Å². The van der Waals surface area contributed by atoms with Crippen molar-refractivity contribution in [1.29, 1.82) is 0 Å². The molecular formula is C18H21N2O3S+. The Kier molecular flexibility index (Phi) is 4.97. The third-order valence-electron chi connectivity index (χ3n) is 4.25. The van der Waals surface area contributed by atoms with Gasteiger partial charge in [0.05, 0.1) is 11.8 Å². The summed E-state index contributed by atoms with van der Waals surface area (Å²) in [6.45, 7) is 0.693. The zero-order chi connectivity index (χ0) is 17.0. The van der Waals surface area contributed by atoms with Crippen LogP contribution in [0.1, 0.15) is 15.9 Å². The molecule has 1 aliphatic rings. The molecule has 1 amide bonds. The van der Waals surface area contributed by atoms with E-state index in [1.165, 1.54) is 0 Å². The van der Waals surface area contributed by atoms with Crippen molar-refractivity contribution in [1.82, 2.24) is 5.32 Å². The minimum absolute atomic E-state index is 0.00152. The lowest BCUT2D eigenvalue weighted by molar-refractivity contribution is -0.701. The molecule has 24 heavy (non-hydrogen) atoms. The molecule has 0 spiro atoms. The summed E-state index contributed by atoms with van der Waals surface area (Å²) in [7, 11) is -3.12. The average Bonchev–Trinajstić information content (AvgIpc) is 2.88. The SMILES string of the molecule is O=C(N[C@H]1CS(=O)(=O)C[C@H]1[NH2+]Cc1ccccc1)c1ccccc1. The van der Waals surface area contributed by atoms with Crippen molar-refractivity contribution in [3.63, 3.8) is 0 Å². The molecule has 1 heterocycles. The van der Waals surface area contributed by atoms with Crippen LogP contribution in [0.3, 0.4) is 0 Å². The molecule has 3 rings (SSSR count). The third-order valence-corrected chi connectivity index (χ3v) is 6.01. The molecular weight excluding hydrogens is 324 g/mol. The molecule has 5 nitrogen and oxygen atoms in total. The normalized spacial score (nSPS) is 22.2. The van der Waals surface area contributed by atoms with Crippen LogP contribution in [0.2, 0.25) is 0 Å². The summed E-state index contributed by atoms with van der Waals surface area (Å²) >= 11 is 0. The highest BCUT2D eigenvalue weighted by Crippen LogP contribution is 2.11. The topological polar surface area (TPSA) is 79.8 Å². The van der Waals surface area contributed by atoms with Crippen LogP contribution in [0.15, 0.2) is 60.7 Å². The predicted octanol–water partition coefficient (Wildman–Crippen LogP) is 0.346. The van der Waals surface area contributed by atoms with Gasteiger partial charge in [0.15, 0.2) is 9.84 Å². The van der Waals surface area contributed by atoms with Crippen LogP contribution in [0, 0.1) is 0 Å². The summed E-state index contributed by atoms with van der Waals surface area (Å²) in [6, 6.07) is 18.2. The van der Waals surface area contributed by atoms with Crippen LogP contribution in [-0.2, 0) is 16.4 Å². The van der Waals surface area contributed by atoms with E-state index < -0.39 is 9.84 Å². The summed E-state index contributed by atoms with van der Waals surface area (Å²) in [5.74, 6) is -0.128. The van der Waals surface area contributed by atoms with Crippen molar-refractivity contribution in [2.24, 2.45) is 0 Å². The first-order valence-corrected chi connectivity index (χ1v) is 9.79. The van der Waals surface area contributed by atoms with Gasteiger partial charge in [-0.15, -0.1) is 0 Å². The minimum atomic E-state index is -3.12. The lowest BCUT2D eigenvalue weighted by Crippen LogP contribution is -2.92. The summed E-state index contributed by atoms with van der Waals surface area (Å²) in [5, 5.41) is 4.90. The monoisotopic (exact) mass is 345 g/mol. The zero-order valence-corrected chi connectivity index (χ0v) is 14.1. The summed E-state index contributed by atoms with van der Waals surface area (Å²) in [6.07, 6.45) is 0.